The Morgan fingerprint density at radius 1 is 0.486 bits per heavy atom. The summed E-state index contributed by atoms with van der Waals surface area (Å²) in [5.41, 5.74) is 2.00. The lowest BCUT2D eigenvalue weighted by Crippen LogP contribution is -2.22. The summed E-state index contributed by atoms with van der Waals surface area (Å²) in [7, 11) is 0. The average Bonchev–Trinajstić information content (AvgIpc) is 3.23. The Morgan fingerprint density at radius 3 is 1.40 bits per heavy atom. The van der Waals surface area contributed by atoms with Crippen LogP contribution in [0.5, 0.6) is 0 Å². The van der Waals surface area contributed by atoms with Crippen molar-refractivity contribution in [2.45, 2.75) is 0 Å². The van der Waals surface area contributed by atoms with Crippen molar-refractivity contribution in [3.63, 3.8) is 0 Å². The number of aromatic nitrogens is 2. The van der Waals surface area contributed by atoms with Gasteiger partial charge in [0.1, 0.15) is 11.7 Å². The fourth-order valence-corrected chi connectivity index (χ4v) is 4.65. The molecular weight excluding hydrogens is 430 g/mol. The Kier molecular flexibility index (Phi) is 4.39. The van der Waals surface area contributed by atoms with Crippen LogP contribution in [0.4, 0.5) is 11.6 Å². The zero-order valence-corrected chi connectivity index (χ0v) is 18.7. The molecule has 6 aromatic rings. The molecule has 0 spiro atoms. The molecule has 5 nitrogen and oxygen atoms in total. The molecule has 1 N–H and O–H groups in total. The van der Waals surface area contributed by atoms with Crippen LogP contribution in [0, 0.1) is 0 Å². The molecule has 1 aliphatic heterocycles. The molecule has 1 aliphatic rings. The van der Waals surface area contributed by atoms with E-state index in [1.165, 1.54) is 0 Å². The number of hydrogen-bond donors (Lipinski definition) is 1. The highest BCUT2D eigenvalue weighted by Gasteiger charge is 2.25. The first-order valence-electron chi connectivity index (χ1n) is 11.5. The van der Waals surface area contributed by atoms with Crippen LogP contribution in [-0.4, -0.2) is 21.6 Å². The van der Waals surface area contributed by atoms with Gasteiger partial charge in [-0.05, 0) is 45.8 Å². The predicted molar refractivity (Wildman–Crippen MR) is 143 cm³/mol. The van der Waals surface area contributed by atoms with Crippen LogP contribution in [0.2, 0.25) is 0 Å². The smallest absolute Gasteiger partial charge is 0.162 e. The van der Waals surface area contributed by atoms with Gasteiger partial charge >= 0.3 is 0 Å². The van der Waals surface area contributed by atoms with Crippen LogP contribution in [0.15, 0.2) is 119 Å². The van der Waals surface area contributed by atoms with Gasteiger partial charge in [0.25, 0.3) is 0 Å². The lowest BCUT2D eigenvalue weighted by Gasteiger charge is -2.04. The van der Waals surface area contributed by atoms with Gasteiger partial charge in [-0.15, -0.1) is 0 Å². The summed E-state index contributed by atoms with van der Waals surface area (Å²) in [6.45, 7) is 0. The van der Waals surface area contributed by atoms with Crippen LogP contribution in [0.3, 0.4) is 0 Å². The largest absolute Gasteiger partial charge is 0.324 e. The van der Waals surface area contributed by atoms with Crippen molar-refractivity contribution in [2.24, 2.45) is 9.98 Å². The third kappa shape index (κ3) is 3.33. The highest BCUT2D eigenvalue weighted by atomic mass is 15.1. The number of benzene rings is 4. The van der Waals surface area contributed by atoms with E-state index in [0.29, 0.717) is 11.6 Å². The van der Waals surface area contributed by atoms with Crippen molar-refractivity contribution in [1.82, 2.24) is 15.3 Å². The molecule has 164 valence electrons. The number of nitrogens with one attached hydrogen (secondary N) is 1. The standard InChI is InChI=1S/C30H19N5/c1-2-10-22-18-26-25(17-21(22)9-1)29(33-27-23-11-5-3-7-19(23)13-15-31-27)35-30(26)34-28-24-12-6-4-8-20(24)14-16-32-28/h1-18H,(H,31,32,33,34,35). The fraction of sp³-hybridized carbons (Fsp3) is 0. The van der Waals surface area contributed by atoms with E-state index >= 15 is 0 Å². The summed E-state index contributed by atoms with van der Waals surface area (Å²) >= 11 is 0. The lowest BCUT2D eigenvalue weighted by molar-refractivity contribution is 1.25. The first kappa shape index (κ1) is 19.6. The van der Waals surface area contributed by atoms with Crippen molar-refractivity contribution in [1.29, 1.82) is 0 Å². The maximum atomic E-state index is 4.98. The molecule has 0 atom stereocenters. The molecule has 0 amide bonds. The monoisotopic (exact) mass is 449 g/mol. The molecule has 0 saturated heterocycles. The summed E-state index contributed by atoms with van der Waals surface area (Å²) < 4.78 is 0. The Hall–Kier alpha value is -4.90. The molecule has 0 radical (unpaired) electrons. The van der Waals surface area contributed by atoms with Crippen LogP contribution in [0.25, 0.3) is 32.3 Å². The predicted octanol–water partition coefficient (Wildman–Crippen LogP) is 6.70. The number of nitrogens with zero attached hydrogens (tertiary/aromatic N) is 4. The Labute approximate surface area is 201 Å². The Balaban J connectivity index is 1.45. The van der Waals surface area contributed by atoms with E-state index in [2.05, 4.69) is 63.8 Å². The SMILES string of the molecule is c1ccc2cc3c(cc2c1)/C(=N/c1nccc2ccccc12)N/C3=N/c1nccc2ccccc12. The van der Waals surface area contributed by atoms with Gasteiger partial charge in [-0.25, -0.2) is 20.0 Å². The van der Waals surface area contributed by atoms with Gasteiger partial charge in [0.15, 0.2) is 11.6 Å². The summed E-state index contributed by atoms with van der Waals surface area (Å²) in [5, 5.41) is 10.00. The molecule has 0 unspecified atom stereocenters. The van der Waals surface area contributed by atoms with E-state index in [4.69, 9.17) is 9.98 Å². The quantitative estimate of drug-likeness (QED) is 0.320. The summed E-state index contributed by atoms with van der Waals surface area (Å²) in [6, 6.07) is 33.0. The number of amidine groups is 2. The molecule has 0 fully saturated rings. The number of hydrogen-bond acceptors (Lipinski definition) is 4. The molecule has 7 rings (SSSR count). The Bertz CT molecular complexity index is 1690. The molecule has 3 heterocycles. The fourth-order valence-electron chi connectivity index (χ4n) is 4.65. The normalized spacial score (nSPS) is 15.2. The van der Waals surface area contributed by atoms with Gasteiger partial charge in [-0.1, -0.05) is 72.8 Å². The topological polar surface area (TPSA) is 62.5 Å². The molecule has 0 saturated carbocycles. The molecule has 2 aromatic heterocycles. The molecule has 35 heavy (non-hydrogen) atoms. The number of rotatable bonds is 2. The van der Waals surface area contributed by atoms with Crippen molar-refractivity contribution in [3.05, 3.63) is 121 Å². The minimum atomic E-state index is 0.675. The highest BCUT2D eigenvalue weighted by Crippen LogP contribution is 2.30. The minimum absolute atomic E-state index is 0.675. The highest BCUT2D eigenvalue weighted by molar-refractivity contribution is 6.28. The van der Waals surface area contributed by atoms with E-state index in [0.717, 1.165) is 55.1 Å². The number of pyridine rings is 2. The Morgan fingerprint density at radius 2 is 0.914 bits per heavy atom. The summed E-state index contributed by atoms with van der Waals surface area (Å²) in [4.78, 5) is 19.1. The van der Waals surface area contributed by atoms with Gasteiger partial charge < -0.3 is 5.32 Å². The lowest BCUT2D eigenvalue weighted by atomic mass is 10.0. The molecular formula is C30H19N5. The summed E-state index contributed by atoms with van der Waals surface area (Å²) in [5.74, 6) is 2.81. The second kappa shape index (κ2) is 7.85. The minimum Gasteiger partial charge on any atom is -0.324 e. The van der Waals surface area contributed by atoms with Crippen LogP contribution in [-0.2, 0) is 0 Å². The van der Waals surface area contributed by atoms with Crippen LogP contribution >= 0.6 is 0 Å². The van der Waals surface area contributed by atoms with Crippen molar-refractivity contribution < 1.29 is 0 Å². The number of aliphatic imine (C=N–C) groups is 2. The second-order valence-corrected chi connectivity index (χ2v) is 8.50. The first-order chi connectivity index (χ1) is 17.3. The van der Waals surface area contributed by atoms with E-state index in [1.54, 1.807) is 12.4 Å². The third-order valence-corrected chi connectivity index (χ3v) is 6.37. The van der Waals surface area contributed by atoms with E-state index in [1.807, 2.05) is 48.5 Å². The average molecular weight is 450 g/mol. The van der Waals surface area contributed by atoms with E-state index in [9.17, 15) is 0 Å². The third-order valence-electron chi connectivity index (χ3n) is 6.37. The van der Waals surface area contributed by atoms with Gasteiger partial charge in [0.05, 0.1) is 0 Å². The van der Waals surface area contributed by atoms with Crippen molar-refractivity contribution in [2.75, 3.05) is 0 Å². The second-order valence-electron chi connectivity index (χ2n) is 8.50. The maximum Gasteiger partial charge on any atom is 0.162 e. The molecule has 5 heteroatoms. The zero-order valence-electron chi connectivity index (χ0n) is 18.7. The number of fused-ring (bicyclic) bond motifs is 4. The zero-order chi connectivity index (χ0) is 23.2. The van der Waals surface area contributed by atoms with Gasteiger partial charge in [-0.2, -0.15) is 0 Å². The maximum absolute atomic E-state index is 4.98. The first-order valence-corrected chi connectivity index (χ1v) is 11.5. The molecule has 0 aliphatic carbocycles. The van der Waals surface area contributed by atoms with Crippen molar-refractivity contribution >= 4 is 55.6 Å². The van der Waals surface area contributed by atoms with Crippen LogP contribution in [0.1, 0.15) is 11.1 Å². The van der Waals surface area contributed by atoms with Gasteiger partial charge in [-0.3, -0.25) is 0 Å². The van der Waals surface area contributed by atoms with E-state index < -0.39 is 0 Å². The molecule has 0 bridgehead atoms. The summed E-state index contributed by atoms with van der Waals surface area (Å²) in [6.07, 6.45) is 3.60. The van der Waals surface area contributed by atoms with Crippen molar-refractivity contribution in [3.8, 4) is 0 Å². The van der Waals surface area contributed by atoms with Crippen LogP contribution < -0.4 is 5.32 Å². The molecule has 4 aromatic carbocycles. The van der Waals surface area contributed by atoms with Gasteiger partial charge in [0.2, 0.25) is 0 Å². The van der Waals surface area contributed by atoms with E-state index in [-0.39, 0.29) is 0 Å². The van der Waals surface area contributed by atoms with Gasteiger partial charge in [0, 0.05) is 34.3 Å².